The van der Waals surface area contributed by atoms with Crippen LogP contribution in [-0.4, -0.2) is 29.7 Å². The third kappa shape index (κ3) is 4.87. The fraction of sp³-hybridized carbons (Fsp3) is 0.375. The molecule has 1 heterocycles. The van der Waals surface area contributed by atoms with Crippen LogP contribution in [0, 0.1) is 0 Å². The predicted molar refractivity (Wildman–Crippen MR) is 115 cm³/mol. The van der Waals surface area contributed by atoms with Gasteiger partial charge in [0.25, 0.3) is 5.91 Å². The lowest BCUT2D eigenvalue weighted by atomic mass is 10.1. The summed E-state index contributed by atoms with van der Waals surface area (Å²) in [5.74, 6) is 2.05. The first-order valence-electron chi connectivity index (χ1n) is 10.6. The second kappa shape index (κ2) is 9.57. The third-order valence-corrected chi connectivity index (χ3v) is 5.53. The van der Waals surface area contributed by atoms with Gasteiger partial charge >= 0.3 is 0 Å². The molecule has 0 unspecified atom stereocenters. The number of hydrogen-bond acceptors (Lipinski definition) is 5. The highest BCUT2D eigenvalue weighted by Crippen LogP contribution is 2.23. The molecule has 30 heavy (non-hydrogen) atoms. The highest BCUT2D eigenvalue weighted by atomic mass is 16.5. The predicted octanol–water partition coefficient (Wildman–Crippen LogP) is 4.38. The van der Waals surface area contributed by atoms with Gasteiger partial charge in [-0.15, -0.1) is 0 Å². The molecular formula is C24H27N3O3. The van der Waals surface area contributed by atoms with E-state index in [1.54, 1.807) is 7.11 Å². The number of rotatable bonds is 9. The number of hydrogen-bond donors (Lipinski definition) is 1. The number of carbonyl (C=O) groups is 1. The van der Waals surface area contributed by atoms with Crippen LogP contribution in [0.3, 0.4) is 0 Å². The number of unbranched alkanes of at least 4 members (excludes halogenated alkanes) is 2. The standard InChI is InChI=1S/C24H27N3O3/c1-29-21-13-11-18(12-14-21)23-26-22(30-27-23)8-3-2-4-15-25-24(28)20-10-9-17-6-5-7-19(17)16-20/h9-14,16H,2-8,15H2,1H3,(H,25,28). The van der Waals surface area contributed by atoms with Crippen LogP contribution in [0.15, 0.2) is 47.0 Å². The summed E-state index contributed by atoms with van der Waals surface area (Å²) in [6, 6.07) is 13.7. The zero-order valence-electron chi connectivity index (χ0n) is 17.3. The Morgan fingerprint density at radius 1 is 1.07 bits per heavy atom. The molecule has 0 bridgehead atoms. The number of ether oxygens (including phenoxy) is 1. The molecule has 4 rings (SSSR count). The fourth-order valence-electron chi connectivity index (χ4n) is 3.81. The zero-order valence-corrected chi connectivity index (χ0v) is 17.3. The molecule has 1 amide bonds. The Labute approximate surface area is 176 Å². The van der Waals surface area contributed by atoms with Crippen molar-refractivity contribution in [2.75, 3.05) is 13.7 Å². The van der Waals surface area contributed by atoms with Gasteiger partial charge in [0.05, 0.1) is 7.11 Å². The highest BCUT2D eigenvalue weighted by Gasteiger charge is 2.13. The van der Waals surface area contributed by atoms with Gasteiger partial charge in [0.1, 0.15) is 5.75 Å². The number of nitrogens with zero attached hydrogens (tertiary/aromatic N) is 2. The smallest absolute Gasteiger partial charge is 0.251 e. The molecule has 1 aliphatic carbocycles. The third-order valence-electron chi connectivity index (χ3n) is 5.53. The minimum Gasteiger partial charge on any atom is -0.497 e. The van der Waals surface area contributed by atoms with E-state index in [9.17, 15) is 4.79 Å². The summed E-state index contributed by atoms with van der Waals surface area (Å²) in [6.07, 6.45) is 7.02. The summed E-state index contributed by atoms with van der Waals surface area (Å²) in [5.41, 5.74) is 4.39. The molecule has 0 aliphatic heterocycles. The van der Waals surface area contributed by atoms with Crippen LogP contribution in [0.5, 0.6) is 5.75 Å². The first kappa shape index (κ1) is 20.1. The summed E-state index contributed by atoms with van der Waals surface area (Å²) in [6.45, 7) is 0.677. The quantitative estimate of drug-likeness (QED) is 0.535. The van der Waals surface area contributed by atoms with Crippen molar-refractivity contribution in [2.45, 2.75) is 44.9 Å². The minimum absolute atomic E-state index is 0.0192. The fourth-order valence-corrected chi connectivity index (χ4v) is 3.81. The van der Waals surface area contributed by atoms with Gasteiger partial charge in [-0.25, -0.2) is 0 Å². The molecule has 1 aromatic heterocycles. The number of benzene rings is 2. The van der Waals surface area contributed by atoms with Crippen LogP contribution in [-0.2, 0) is 19.3 Å². The molecule has 2 aromatic carbocycles. The normalized spacial score (nSPS) is 12.6. The maximum absolute atomic E-state index is 12.3. The Morgan fingerprint density at radius 2 is 1.90 bits per heavy atom. The van der Waals surface area contributed by atoms with E-state index in [1.807, 2.05) is 36.4 Å². The Bertz CT molecular complexity index is 995. The van der Waals surface area contributed by atoms with E-state index in [4.69, 9.17) is 9.26 Å². The van der Waals surface area contributed by atoms with Crippen molar-refractivity contribution in [2.24, 2.45) is 0 Å². The van der Waals surface area contributed by atoms with Crippen LogP contribution < -0.4 is 10.1 Å². The number of amides is 1. The van der Waals surface area contributed by atoms with Crippen molar-refractivity contribution in [3.05, 3.63) is 65.0 Å². The molecule has 0 saturated heterocycles. The summed E-state index contributed by atoms with van der Waals surface area (Å²) in [5, 5.41) is 7.08. The number of nitrogens with one attached hydrogen (secondary N) is 1. The average molecular weight is 405 g/mol. The van der Waals surface area contributed by atoms with Crippen LogP contribution in [0.2, 0.25) is 0 Å². The minimum atomic E-state index is 0.0192. The Hall–Kier alpha value is -3.15. The maximum Gasteiger partial charge on any atom is 0.251 e. The number of methoxy groups -OCH3 is 1. The molecule has 0 saturated carbocycles. The number of aryl methyl sites for hydroxylation is 3. The van der Waals surface area contributed by atoms with Gasteiger partial charge in [0.2, 0.25) is 11.7 Å². The lowest BCUT2D eigenvalue weighted by Gasteiger charge is -2.07. The van der Waals surface area contributed by atoms with E-state index in [0.29, 0.717) is 18.3 Å². The lowest BCUT2D eigenvalue weighted by Crippen LogP contribution is -2.24. The van der Waals surface area contributed by atoms with E-state index in [1.165, 1.54) is 17.5 Å². The highest BCUT2D eigenvalue weighted by molar-refractivity contribution is 5.94. The molecule has 1 aliphatic rings. The van der Waals surface area contributed by atoms with Gasteiger partial charge in [-0.2, -0.15) is 4.98 Å². The SMILES string of the molecule is COc1ccc(-c2noc(CCCCCNC(=O)c3ccc4c(c3)CCC4)n2)cc1. The molecule has 0 radical (unpaired) electrons. The van der Waals surface area contributed by atoms with Crippen molar-refractivity contribution in [1.29, 1.82) is 0 Å². The summed E-state index contributed by atoms with van der Waals surface area (Å²) in [7, 11) is 1.64. The molecule has 0 fully saturated rings. The van der Waals surface area contributed by atoms with Crippen molar-refractivity contribution in [1.82, 2.24) is 15.5 Å². The van der Waals surface area contributed by atoms with Gasteiger partial charge in [-0.1, -0.05) is 17.6 Å². The van der Waals surface area contributed by atoms with Crippen molar-refractivity contribution >= 4 is 5.91 Å². The Kier molecular flexibility index (Phi) is 6.42. The number of aromatic nitrogens is 2. The largest absolute Gasteiger partial charge is 0.497 e. The molecular weight excluding hydrogens is 378 g/mol. The molecule has 1 N–H and O–H groups in total. The van der Waals surface area contributed by atoms with Gasteiger partial charge < -0.3 is 14.6 Å². The first-order chi connectivity index (χ1) is 14.7. The molecule has 6 heteroatoms. The number of carbonyl (C=O) groups excluding carboxylic acids is 1. The van der Waals surface area contributed by atoms with Crippen molar-refractivity contribution < 1.29 is 14.1 Å². The first-order valence-corrected chi connectivity index (χ1v) is 10.6. The van der Waals surface area contributed by atoms with E-state index < -0.39 is 0 Å². The van der Waals surface area contributed by atoms with Gasteiger partial charge in [-0.05, 0) is 79.6 Å². The van der Waals surface area contributed by atoms with Crippen LogP contribution >= 0.6 is 0 Å². The summed E-state index contributed by atoms with van der Waals surface area (Å²) >= 11 is 0. The van der Waals surface area contributed by atoms with Gasteiger partial charge in [-0.3, -0.25) is 4.79 Å². The van der Waals surface area contributed by atoms with E-state index in [2.05, 4.69) is 21.5 Å². The van der Waals surface area contributed by atoms with Crippen LogP contribution in [0.1, 0.15) is 53.1 Å². The van der Waals surface area contributed by atoms with E-state index in [-0.39, 0.29) is 5.91 Å². The Morgan fingerprint density at radius 3 is 2.73 bits per heavy atom. The van der Waals surface area contributed by atoms with Gasteiger partial charge in [0.15, 0.2) is 0 Å². The second-order valence-corrected chi connectivity index (χ2v) is 7.64. The molecule has 156 valence electrons. The molecule has 6 nitrogen and oxygen atoms in total. The van der Waals surface area contributed by atoms with Crippen LogP contribution in [0.4, 0.5) is 0 Å². The van der Waals surface area contributed by atoms with E-state index >= 15 is 0 Å². The molecule has 0 atom stereocenters. The average Bonchev–Trinajstić information content (AvgIpc) is 3.45. The summed E-state index contributed by atoms with van der Waals surface area (Å²) < 4.78 is 10.5. The topological polar surface area (TPSA) is 77.3 Å². The lowest BCUT2D eigenvalue weighted by molar-refractivity contribution is 0.0953. The molecule has 0 spiro atoms. The molecule has 3 aromatic rings. The zero-order chi connectivity index (χ0) is 20.8. The van der Waals surface area contributed by atoms with Crippen LogP contribution in [0.25, 0.3) is 11.4 Å². The summed E-state index contributed by atoms with van der Waals surface area (Å²) in [4.78, 5) is 16.8. The maximum atomic E-state index is 12.3. The van der Waals surface area contributed by atoms with Gasteiger partial charge in [0, 0.05) is 24.1 Å². The second-order valence-electron chi connectivity index (χ2n) is 7.64. The van der Waals surface area contributed by atoms with Crippen molar-refractivity contribution in [3.8, 4) is 17.1 Å². The van der Waals surface area contributed by atoms with Crippen molar-refractivity contribution in [3.63, 3.8) is 0 Å². The monoisotopic (exact) mass is 405 g/mol. The number of fused-ring (bicyclic) bond motifs is 1. The Balaban J connectivity index is 1.16. The van der Waals surface area contributed by atoms with E-state index in [0.717, 1.165) is 55.4 Å².